The molecule has 0 saturated heterocycles. The van der Waals surface area contributed by atoms with E-state index in [2.05, 4.69) is 0 Å². The zero-order valence-electron chi connectivity index (χ0n) is 12.3. The minimum Gasteiger partial charge on any atom is -0.478 e. The summed E-state index contributed by atoms with van der Waals surface area (Å²) in [5.74, 6) is -0.914. The summed E-state index contributed by atoms with van der Waals surface area (Å²) in [6, 6.07) is 16.9. The van der Waals surface area contributed by atoms with E-state index in [1.807, 2.05) is 30.3 Å². The van der Waals surface area contributed by atoms with Crippen LogP contribution in [0.15, 0.2) is 54.6 Å². The van der Waals surface area contributed by atoms with Crippen molar-refractivity contribution in [3.05, 3.63) is 71.3 Å². The maximum atomic E-state index is 10.6. The number of aromatic carboxylic acids is 1. The van der Waals surface area contributed by atoms with Gasteiger partial charge >= 0.3 is 5.97 Å². The van der Waals surface area contributed by atoms with Gasteiger partial charge in [0, 0.05) is 14.2 Å². The Bertz CT molecular complexity index is 537. The van der Waals surface area contributed by atoms with Crippen molar-refractivity contribution in [3.8, 4) is 0 Å². The van der Waals surface area contributed by atoms with Gasteiger partial charge in [-0.05, 0) is 17.2 Å². The molecule has 0 atom stereocenters. The molecule has 0 spiro atoms. The van der Waals surface area contributed by atoms with Gasteiger partial charge in [0.2, 0.25) is 0 Å². The Labute approximate surface area is 125 Å². The lowest BCUT2D eigenvalue weighted by Gasteiger charge is -2.02. The third-order valence-electron chi connectivity index (χ3n) is 2.70. The first-order valence-electron chi connectivity index (χ1n) is 6.52. The normalized spacial score (nSPS) is 9.62. The molecule has 112 valence electrons. The van der Waals surface area contributed by atoms with E-state index in [1.54, 1.807) is 38.5 Å². The van der Waals surface area contributed by atoms with Crippen molar-refractivity contribution >= 4 is 5.97 Å². The van der Waals surface area contributed by atoms with Crippen molar-refractivity contribution in [3.63, 3.8) is 0 Å². The van der Waals surface area contributed by atoms with Gasteiger partial charge in [0.25, 0.3) is 0 Å². The third kappa shape index (κ3) is 6.21. The standard InChI is InChI=1S/C9H10O3.C8H10O/c1-12-6-7-4-2-3-5-8(7)9(10)11;1-9-7-8-5-3-2-4-6-8/h2-5H,6H2,1H3,(H,10,11);2-6H,7H2,1H3. The fourth-order valence-corrected chi connectivity index (χ4v) is 1.75. The van der Waals surface area contributed by atoms with E-state index in [-0.39, 0.29) is 0 Å². The number of rotatable bonds is 5. The maximum absolute atomic E-state index is 10.6. The topological polar surface area (TPSA) is 55.8 Å². The molecule has 0 aliphatic carbocycles. The van der Waals surface area contributed by atoms with Gasteiger partial charge in [-0.15, -0.1) is 0 Å². The number of benzene rings is 2. The predicted molar refractivity (Wildman–Crippen MR) is 81.3 cm³/mol. The van der Waals surface area contributed by atoms with Crippen LogP contribution in [0.5, 0.6) is 0 Å². The van der Waals surface area contributed by atoms with Gasteiger partial charge in [-0.1, -0.05) is 48.5 Å². The molecule has 0 heterocycles. The van der Waals surface area contributed by atoms with Crippen LogP contribution in [0.25, 0.3) is 0 Å². The van der Waals surface area contributed by atoms with E-state index in [1.165, 1.54) is 5.56 Å². The van der Waals surface area contributed by atoms with E-state index < -0.39 is 5.97 Å². The molecule has 0 aliphatic rings. The molecular formula is C17H20O4. The molecule has 4 heteroatoms. The van der Waals surface area contributed by atoms with Gasteiger partial charge in [-0.25, -0.2) is 4.79 Å². The van der Waals surface area contributed by atoms with Gasteiger partial charge in [0.1, 0.15) is 0 Å². The van der Waals surface area contributed by atoms with Crippen LogP contribution in [0, 0.1) is 0 Å². The van der Waals surface area contributed by atoms with E-state index in [0.717, 1.165) is 0 Å². The highest BCUT2D eigenvalue weighted by atomic mass is 16.5. The van der Waals surface area contributed by atoms with Crippen LogP contribution in [0.3, 0.4) is 0 Å². The number of carboxylic acid groups (broad SMARTS) is 1. The molecule has 0 radical (unpaired) electrons. The summed E-state index contributed by atoms with van der Waals surface area (Å²) in [5.41, 5.74) is 2.23. The van der Waals surface area contributed by atoms with Crippen LogP contribution >= 0.6 is 0 Å². The highest BCUT2D eigenvalue weighted by Gasteiger charge is 2.07. The van der Waals surface area contributed by atoms with Crippen LogP contribution < -0.4 is 0 Å². The molecule has 0 bridgehead atoms. The van der Waals surface area contributed by atoms with Gasteiger partial charge in [0.05, 0.1) is 18.8 Å². The number of carboxylic acids is 1. The summed E-state index contributed by atoms with van der Waals surface area (Å²) in [6.45, 7) is 1.04. The Kier molecular flexibility index (Phi) is 7.79. The monoisotopic (exact) mass is 288 g/mol. The minimum absolute atomic E-state index is 0.305. The molecule has 2 rings (SSSR count). The number of hydrogen-bond donors (Lipinski definition) is 1. The average molecular weight is 288 g/mol. The van der Waals surface area contributed by atoms with Crippen LogP contribution in [-0.4, -0.2) is 25.3 Å². The molecule has 0 aliphatic heterocycles. The van der Waals surface area contributed by atoms with E-state index in [4.69, 9.17) is 14.6 Å². The molecule has 2 aromatic carbocycles. The van der Waals surface area contributed by atoms with Gasteiger partial charge in [0.15, 0.2) is 0 Å². The van der Waals surface area contributed by atoms with Gasteiger partial charge in [-0.3, -0.25) is 0 Å². The third-order valence-corrected chi connectivity index (χ3v) is 2.70. The van der Waals surface area contributed by atoms with Crippen molar-refractivity contribution in [2.45, 2.75) is 13.2 Å². The largest absolute Gasteiger partial charge is 0.478 e. The first kappa shape index (κ1) is 16.9. The average Bonchev–Trinajstić information content (AvgIpc) is 2.50. The second-order valence-corrected chi connectivity index (χ2v) is 4.31. The molecule has 21 heavy (non-hydrogen) atoms. The maximum Gasteiger partial charge on any atom is 0.336 e. The Morgan fingerprint density at radius 2 is 1.48 bits per heavy atom. The Balaban J connectivity index is 0.000000219. The fraction of sp³-hybridized carbons (Fsp3) is 0.235. The molecule has 4 nitrogen and oxygen atoms in total. The predicted octanol–water partition coefficient (Wildman–Crippen LogP) is 3.36. The van der Waals surface area contributed by atoms with Crippen LogP contribution in [-0.2, 0) is 22.7 Å². The SMILES string of the molecule is COCc1ccccc1.COCc1ccccc1C(=O)O. The molecule has 0 saturated carbocycles. The smallest absolute Gasteiger partial charge is 0.336 e. The summed E-state index contributed by atoms with van der Waals surface area (Å²) in [4.78, 5) is 10.6. The second-order valence-electron chi connectivity index (χ2n) is 4.31. The summed E-state index contributed by atoms with van der Waals surface area (Å²) in [7, 11) is 3.24. The zero-order valence-corrected chi connectivity index (χ0v) is 12.3. The summed E-state index contributed by atoms with van der Waals surface area (Å²) in [5, 5.41) is 8.74. The van der Waals surface area contributed by atoms with E-state index in [0.29, 0.717) is 24.3 Å². The summed E-state index contributed by atoms with van der Waals surface area (Å²) < 4.78 is 9.78. The van der Waals surface area contributed by atoms with E-state index >= 15 is 0 Å². The lowest BCUT2D eigenvalue weighted by molar-refractivity contribution is 0.0692. The number of ether oxygens (including phenoxy) is 2. The molecule has 1 N–H and O–H groups in total. The summed E-state index contributed by atoms with van der Waals surface area (Å²) in [6.07, 6.45) is 0. The lowest BCUT2D eigenvalue weighted by atomic mass is 10.1. The van der Waals surface area contributed by atoms with Crippen molar-refractivity contribution in [2.75, 3.05) is 14.2 Å². The van der Waals surface area contributed by atoms with Crippen LogP contribution in [0.2, 0.25) is 0 Å². The second kappa shape index (κ2) is 9.69. The quantitative estimate of drug-likeness (QED) is 0.916. The van der Waals surface area contributed by atoms with E-state index in [9.17, 15) is 4.79 Å². The molecule has 0 amide bonds. The number of hydrogen-bond acceptors (Lipinski definition) is 3. The van der Waals surface area contributed by atoms with Crippen molar-refractivity contribution in [2.24, 2.45) is 0 Å². The lowest BCUT2D eigenvalue weighted by Crippen LogP contribution is -2.02. The Hall–Kier alpha value is -2.17. The molecular weight excluding hydrogens is 268 g/mol. The molecule has 0 aromatic heterocycles. The van der Waals surface area contributed by atoms with Crippen LogP contribution in [0.1, 0.15) is 21.5 Å². The highest BCUT2D eigenvalue weighted by Crippen LogP contribution is 2.09. The van der Waals surface area contributed by atoms with Crippen molar-refractivity contribution in [1.82, 2.24) is 0 Å². The Morgan fingerprint density at radius 1 is 0.905 bits per heavy atom. The van der Waals surface area contributed by atoms with Gasteiger partial charge < -0.3 is 14.6 Å². The van der Waals surface area contributed by atoms with Gasteiger partial charge in [-0.2, -0.15) is 0 Å². The first-order valence-corrected chi connectivity index (χ1v) is 6.52. The number of methoxy groups -OCH3 is 2. The first-order chi connectivity index (χ1) is 10.2. The highest BCUT2D eigenvalue weighted by molar-refractivity contribution is 5.89. The van der Waals surface area contributed by atoms with Crippen molar-refractivity contribution < 1.29 is 19.4 Å². The molecule has 0 fully saturated rings. The van der Waals surface area contributed by atoms with Crippen molar-refractivity contribution in [1.29, 1.82) is 0 Å². The van der Waals surface area contributed by atoms with Crippen LogP contribution in [0.4, 0.5) is 0 Å². The molecule has 0 unspecified atom stereocenters. The molecule has 2 aromatic rings. The fourth-order valence-electron chi connectivity index (χ4n) is 1.75. The Morgan fingerprint density at radius 3 is 2.05 bits per heavy atom. The summed E-state index contributed by atoms with van der Waals surface area (Å²) >= 11 is 0. The zero-order chi connectivity index (χ0) is 15.5. The minimum atomic E-state index is -0.914. The number of carbonyl (C=O) groups is 1.